The molecule has 0 unspecified atom stereocenters. The van der Waals surface area contributed by atoms with Crippen molar-refractivity contribution in [1.29, 1.82) is 0 Å². The maximum atomic E-state index is 14.3. The van der Waals surface area contributed by atoms with Crippen molar-refractivity contribution in [2.75, 3.05) is 12.3 Å². The number of carboxylic acid groups (broad SMARTS) is 1. The van der Waals surface area contributed by atoms with Gasteiger partial charge in [-0.2, -0.15) is 12.6 Å². The van der Waals surface area contributed by atoms with Crippen LogP contribution in [0, 0.1) is 0 Å². The minimum atomic E-state index is -1.59. The average Bonchev–Trinajstić information content (AvgIpc) is 3.64. The fourth-order valence-corrected chi connectivity index (χ4v) is 6.63. The molecular weight excluding hydrogens is 791 g/mol. The van der Waals surface area contributed by atoms with Crippen LogP contribution in [-0.4, -0.2) is 100 Å². The lowest BCUT2D eigenvalue weighted by Gasteiger charge is -2.27. The molecule has 17 nitrogen and oxygen atoms in total. The number of carbonyl (C=O) groups excluding carboxylic acids is 6. The average molecular weight is 844 g/mol. The van der Waals surface area contributed by atoms with Gasteiger partial charge in [0.05, 0.1) is 12.5 Å². The Morgan fingerprint density at radius 3 is 1.63 bits per heavy atom. The molecule has 0 saturated carbocycles. The number of H-pyrrole nitrogens is 1. The summed E-state index contributed by atoms with van der Waals surface area (Å²) in [5.74, 6) is -6.26. The van der Waals surface area contributed by atoms with Gasteiger partial charge in [0.1, 0.15) is 30.2 Å². The van der Waals surface area contributed by atoms with Crippen LogP contribution in [0.2, 0.25) is 0 Å². The van der Waals surface area contributed by atoms with E-state index in [2.05, 4.69) is 44.2 Å². The second-order valence-electron chi connectivity index (χ2n) is 14.3. The normalized spacial score (nSPS) is 14.1. The Bertz CT molecular complexity index is 2080. The number of thiol groups is 1. The molecule has 4 rings (SSSR count). The van der Waals surface area contributed by atoms with Gasteiger partial charge in [0, 0.05) is 42.1 Å². The molecule has 0 aliphatic heterocycles. The Morgan fingerprint density at radius 1 is 0.617 bits per heavy atom. The van der Waals surface area contributed by atoms with Gasteiger partial charge >= 0.3 is 5.97 Å². The van der Waals surface area contributed by atoms with E-state index in [-0.39, 0.29) is 31.4 Å². The molecule has 1 heterocycles. The zero-order chi connectivity index (χ0) is 43.6. The molecule has 4 aromatic rings. The van der Waals surface area contributed by atoms with Gasteiger partial charge in [0.15, 0.2) is 0 Å². The molecule has 13 N–H and O–H groups in total. The number of nitrogens with one attached hydrogen (secondary N) is 6. The highest BCUT2D eigenvalue weighted by Gasteiger charge is 2.34. The smallest absolute Gasteiger partial charge is 0.326 e. The molecule has 0 fully saturated rings. The monoisotopic (exact) mass is 843 g/mol. The highest BCUT2D eigenvalue weighted by Crippen LogP contribution is 2.19. The summed E-state index contributed by atoms with van der Waals surface area (Å²) in [6, 6.07) is 16.9. The van der Waals surface area contributed by atoms with Gasteiger partial charge in [-0.05, 0) is 48.6 Å². The zero-order valence-corrected chi connectivity index (χ0v) is 33.9. The molecule has 320 valence electrons. The number of aliphatic carboxylic acids is 1. The maximum absolute atomic E-state index is 14.3. The predicted molar refractivity (Wildman–Crippen MR) is 228 cm³/mol. The number of aromatic amines is 1. The first-order chi connectivity index (χ1) is 28.8. The van der Waals surface area contributed by atoms with Crippen LogP contribution in [0.15, 0.2) is 91.1 Å². The third kappa shape index (κ3) is 14.2. The van der Waals surface area contributed by atoms with E-state index < -0.39 is 84.1 Å². The standard InChI is InChI=1S/C42H53N9O8S/c43-18-10-9-17-31(47-37(53)29(44)24-60)38(54)50-34(22-36(45)52)41(57)49-32(19-25-11-3-1-4-12-25)39(55)48-33(20-26-13-5-2-6-14-26)40(56)51-35(42(58)59)21-27-23-46-30-16-8-7-15-28(27)30/h1-8,11-16,23,29,31-35,46,60H,9-10,17-22,24,43-44H2,(H2,45,52)(H,47,53)(H,48,55)(H,49,57)(H,50,54)(H,51,56)(H,58,59)/t29-,31-,32-,33-,34-,35+/m0/s1. The first kappa shape index (κ1) is 46.4. The Morgan fingerprint density at radius 2 is 1.10 bits per heavy atom. The number of benzene rings is 3. The molecule has 6 amide bonds. The minimum absolute atomic E-state index is 0.000436. The molecule has 0 spiro atoms. The number of aromatic nitrogens is 1. The predicted octanol–water partition coefficient (Wildman–Crippen LogP) is -0.0341. The zero-order valence-electron chi connectivity index (χ0n) is 33.0. The second-order valence-corrected chi connectivity index (χ2v) is 14.7. The highest BCUT2D eigenvalue weighted by molar-refractivity contribution is 7.80. The molecule has 0 radical (unpaired) electrons. The summed E-state index contributed by atoms with van der Waals surface area (Å²) in [5, 5.41) is 23.9. The van der Waals surface area contributed by atoms with Crippen LogP contribution >= 0.6 is 12.6 Å². The summed E-state index contributed by atoms with van der Waals surface area (Å²) in [5.41, 5.74) is 19.6. The van der Waals surface area contributed by atoms with Crippen molar-refractivity contribution < 1.29 is 38.7 Å². The number of para-hydroxylation sites is 1. The van der Waals surface area contributed by atoms with Gasteiger partial charge in [-0.3, -0.25) is 28.8 Å². The van der Waals surface area contributed by atoms with Crippen molar-refractivity contribution in [3.8, 4) is 0 Å². The van der Waals surface area contributed by atoms with Crippen LogP contribution in [0.1, 0.15) is 42.4 Å². The van der Waals surface area contributed by atoms with Crippen molar-refractivity contribution >= 4 is 64.9 Å². The van der Waals surface area contributed by atoms with Gasteiger partial charge in [0.25, 0.3) is 0 Å². The summed E-state index contributed by atoms with van der Waals surface area (Å²) in [6.45, 7) is 0.328. The lowest BCUT2D eigenvalue weighted by Crippen LogP contribution is -2.60. The first-order valence-corrected chi connectivity index (χ1v) is 20.1. The van der Waals surface area contributed by atoms with E-state index in [0.29, 0.717) is 36.1 Å². The van der Waals surface area contributed by atoms with E-state index in [1.807, 2.05) is 24.3 Å². The van der Waals surface area contributed by atoms with Crippen LogP contribution in [0.25, 0.3) is 10.9 Å². The van der Waals surface area contributed by atoms with Crippen molar-refractivity contribution in [3.63, 3.8) is 0 Å². The van der Waals surface area contributed by atoms with Crippen molar-refractivity contribution in [2.24, 2.45) is 17.2 Å². The number of hydrogen-bond acceptors (Lipinski definition) is 10. The van der Waals surface area contributed by atoms with E-state index in [1.165, 1.54) is 0 Å². The Kier molecular flexibility index (Phi) is 18.1. The molecular formula is C42H53N9O8S. The topological polar surface area (TPSA) is 294 Å². The molecule has 60 heavy (non-hydrogen) atoms. The fourth-order valence-electron chi connectivity index (χ4n) is 6.46. The fraction of sp³-hybridized carbons (Fsp3) is 0.357. The number of primary amides is 1. The molecule has 0 saturated heterocycles. The van der Waals surface area contributed by atoms with E-state index >= 15 is 0 Å². The Hall–Kier alpha value is -6.24. The van der Waals surface area contributed by atoms with Crippen molar-refractivity contribution in [1.82, 2.24) is 31.6 Å². The summed E-state index contributed by atoms with van der Waals surface area (Å²) in [7, 11) is 0. The molecule has 0 aliphatic carbocycles. The van der Waals surface area contributed by atoms with Crippen molar-refractivity contribution in [3.05, 3.63) is 108 Å². The van der Waals surface area contributed by atoms with Crippen molar-refractivity contribution in [2.45, 2.75) is 81.2 Å². The maximum Gasteiger partial charge on any atom is 0.326 e. The van der Waals surface area contributed by atoms with Gasteiger partial charge in [0.2, 0.25) is 35.4 Å². The molecule has 1 aromatic heterocycles. The second kappa shape index (κ2) is 23.4. The number of rotatable bonds is 24. The van der Waals surface area contributed by atoms with Gasteiger partial charge in [-0.15, -0.1) is 0 Å². The molecule has 3 aromatic carbocycles. The molecule has 0 bridgehead atoms. The van der Waals surface area contributed by atoms with Gasteiger partial charge in [-0.25, -0.2) is 4.79 Å². The SMILES string of the molecule is NCCCC[C@H](NC(=O)[C@@H](N)CS)C(=O)N[C@@H](CC(N)=O)C(=O)N[C@@H](Cc1ccccc1)C(=O)N[C@@H](Cc1ccccc1)C(=O)N[C@H](Cc1c[nH]c2ccccc12)C(=O)O. The van der Waals surface area contributed by atoms with Gasteiger partial charge in [-0.1, -0.05) is 78.9 Å². The van der Waals surface area contributed by atoms with Crippen LogP contribution in [0.4, 0.5) is 0 Å². The minimum Gasteiger partial charge on any atom is -0.480 e. The van der Waals surface area contributed by atoms with E-state index in [1.54, 1.807) is 66.9 Å². The number of fused-ring (bicyclic) bond motifs is 1. The molecule has 0 aliphatic rings. The summed E-state index contributed by atoms with van der Waals surface area (Å²) >= 11 is 4.04. The van der Waals surface area contributed by atoms with Gasteiger partial charge < -0.3 is 53.9 Å². The van der Waals surface area contributed by atoms with Crippen LogP contribution in [0.3, 0.4) is 0 Å². The quantitative estimate of drug-likeness (QED) is 0.0331. The number of amides is 6. The summed E-state index contributed by atoms with van der Waals surface area (Å²) in [6.07, 6.45) is 1.92. The van der Waals surface area contributed by atoms with Crippen LogP contribution < -0.4 is 43.8 Å². The molecule has 18 heteroatoms. The number of carboxylic acids is 1. The number of hydrogen-bond donors (Lipinski definition) is 11. The summed E-state index contributed by atoms with van der Waals surface area (Å²) < 4.78 is 0. The molecule has 6 atom stereocenters. The number of unbranched alkanes of at least 4 members (excludes halogenated alkanes) is 1. The summed E-state index contributed by atoms with van der Waals surface area (Å²) in [4.78, 5) is 96.2. The van der Waals surface area contributed by atoms with E-state index in [4.69, 9.17) is 17.2 Å². The Labute approximate surface area is 352 Å². The number of nitrogens with two attached hydrogens (primary N) is 3. The Balaban J connectivity index is 1.59. The van der Waals surface area contributed by atoms with E-state index in [0.717, 1.165) is 10.9 Å². The highest BCUT2D eigenvalue weighted by atomic mass is 32.1. The largest absolute Gasteiger partial charge is 0.480 e. The van der Waals surface area contributed by atoms with Crippen LogP contribution in [-0.2, 0) is 52.8 Å². The lowest BCUT2D eigenvalue weighted by atomic mass is 10.0. The van der Waals surface area contributed by atoms with E-state index in [9.17, 15) is 38.7 Å². The third-order valence-corrected chi connectivity index (χ3v) is 10.1. The first-order valence-electron chi connectivity index (χ1n) is 19.5. The third-order valence-electron chi connectivity index (χ3n) is 9.70. The lowest BCUT2D eigenvalue weighted by molar-refractivity contribution is -0.142. The van der Waals surface area contributed by atoms with Crippen LogP contribution in [0.5, 0.6) is 0 Å². The number of carbonyl (C=O) groups is 7.